The van der Waals surface area contributed by atoms with Crippen LogP contribution in [0.1, 0.15) is 37.5 Å². The first kappa shape index (κ1) is 19.1. The maximum Gasteiger partial charge on any atom is 0.163 e. The van der Waals surface area contributed by atoms with E-state index in [9.17, 15) is 4.79 Å². The Morgan fingerprint density at radius 3 is 1.30 bits per heavy atom. The summed E-state index contributed by atoms with van der Waals surface area (Å²) in [6.45, 7) is 5.82. The van der Waals surface area contributed by atoms with E-state index < -0.39 is 11.0 Å². The number of benzene rings is 3. The molecule has 0 spiro atoms. The summed E-state index contributed by atoms with van der Waals surface area (Å²) in [4.78, 5) is 12.7. The van der Waals surface area contributed by atoms with E-state index in [0.29, 0.717) is 0 Å². The molecule has 2 nitrogen and oxygen atoms in total. The third kappa shape index (κ3) is 4.01. The minimum atomic E-state index is -0.843. The zero-order valence-corrected chi connectivity index (χ0v) is 16.2. The molecule has 0 aliphatic heterocycles. The second kappa shape index (κ2) is 7.89. The van der Waals surface area contributed by atoms with Crippen molar-refractivity contribution >= 4 is 5.78 Å². The fraction of sp³-hybridized carbons (Fsp3) is 0.240. The van der Waals surface area contributed by atoms with Gasteiger partial charge in [0.15, 0.2) is 5.78 Å². The molecule has 0 aromatic heterocycles. The van der Waals surface area contributed by atoms with Gasteiger partial charge in [-0.15, -0.1) is 0 Å². The zero-order chi connectivity index (χ0) is 19.3. The van der Waals surface area contributed by atoms with Gasteiger partial charge in [0.05, 0.1) is 0 Å². The minimum Gasteiger partial charge on any atom is -0.353 e. The molecule has 0 atom stereocenters. The Bertz CT molecular complexity index is 766. The van der Waals surface area contributed by atoms with Crippen molar-refractivity contribution < 1.29 is 9.53 Å². The molecule has 0 heterocycles. The van der Waals surface area contributed by atoms with Crippen LogP contribution >= 0.6 is 0 Å². The van der Waals surface area contributed by atoms with E-state index in [-0.39, 0.29) is 12.4 Å². The molecule has 0 saturated carbocycles. The first-order valence-electron chi connectivity index (χ1n) is 9.28. The Morgan fingerprint density at radius 2 is 1.00 bits per heavy atom. The van der Waals surface area contributed by atoms with Gasteiger partial charge < -0.3 is 4.74 Å². The summed E-state index contributed by atoms with van der Waals surface area (Å²) in [5.41, 5.74) is 1.72. The summed E-state index contributed by atoms with van der Waals surface area (Å²) in [5, 5.41) is 0. The van der Waals surface area contributed by atoms with E-state index in [1.54, 1.807) is 0 Å². The average Bonchev–Trinajstić information content (AvgIpc) is 2.70. The number of rotatable bonds is 6. The van der Waals surface area contributed by atoms with Crippen molar-refractivity contribution in [1.29, 1.82) is 0 Å². The van der Waals surface area contributed by atoms with Crippen LogP contribution in [0.25, 0.3) is 0 Å². The summed E-state index contributed by atoms with van der Waals surface area (Å²) in [7, 11) is 0. The molecule has 0 amide bonds. The van der Waals surface area contributed by atoms with Crippen LogP contribution in [-0.4, -0.2) is 12.4 Å². The highest BCUT2D eigenvalue weighted by Gasteiger charge is 2.38. The molecule has 0 aliphatic rings. The maximum absolute atomic E-state index is 12.7. The van der Waals surface area contributed by atoms with Crippen LogP contribution in [0.4, 0.5) is 0 Å². The molecular formula is C25H26O2. The van der Waals surface area contributed by atoms with Gasteiger partial charge >= 0.3 is 0 Å². The lowest BCUT2D eigenvalue weighted by Gasteiger charge is -2.36. The third-order valence-electron chi connectivity index (χ3n) is 4.80. The Hall–Kier alpha value is -2.71. The van der Waals surface area contributed by atoms with Gasteiger partial charge in [-0.2, -0.15) is 0 Å². The molecule has 3 rings (SSSR count). The molecule has 3 aromatic rings. The van der Waals surface area contributed by atoms with Crippen molar-refractivity contribution in [2.45, 2.75) is 26.4 Å². The number of ether oxygens (including phenoxy) is 1. The van der Waals surface area contributed by atoms with Crippen LogP contribution in [-0.2, 0) is 15.1 Å². The van der Waals surface area contributed by atoms with Crippen molar-refractivity contribution in [3.8, 4) is 0 Å². The number of Topliss-reactive ketones (excluding diaryl/α,β-unsaturated/α-hetero) is 1. The quantitative estimate of drug-likeness (QED) is 0.535. The van der Waals surface area contributed by atoms with Crippen LogP contribution in [0.3, 0.4) is 0 Å². The molecule has 0 fully saturated rings. The Kier molecular flexibility index (Phi) is 5.57. The second-order valence-corrected chi connectivity index (χ2v) is 7.74. The summed E-state index contributed by atoms with van der Waals surface area (Å²) in [5.74, 6) is 0.0784. The van der Waals surface area contributed by atoms with Gasteiger partial charge in [0.2, 0.25) is 0 Å². The number of carbonyl (C=O) groups is 1. The van der Waals surface area contributed by atoms with Crippen LogP contribution in [0.5, 0.6) is 0 Å². The zero-order valence-electron chi connectivity index (χ0n) is 16.2. The van der Waals surface area contributed by atoms with E-state index in [2.05, 4.69) is 36.4 Å². The van der Waals surface area contributed by atoms with Crippen LogP contribution in [0, 0.1) is 5.41 Å². The van der Waals surface area contributed by atoms with Crippen LogP contribution < -0.4 is 0 Å². The summed E-state index contributed by atoms with van der Waals surface area (Å²) < 4.78 is 6.53. The highest BCUT2D eigenvalue weighted by Crippen LogP contribution is 2.40. The second-order valence-electron chi connectivity index (χ2n) is 7.74. The van der Waals surface area contributed by atoms with Crippen molar-refractivity contribution in [3.05, 3.63) is 108 Å². The molecule has 0 bridgehead atoms. The Labute approximate surface area is 161 Å². The molecule has 138 valence electrons. The number of ketones is 1. The Balaban J connectivity index is 2.18. The maximum atomic E-state index is 12.7. The molecule has 0 saturated heterocycles. The van der Waals surface area contributed by atoms with Crippen LogP contribution in [0.15, 0.2) is 91.0 Å². The summed E-state index contributed by atoms with van der Waals surface area (Å²) in [6.07, 6.45) is 0. The standard InChI is InChI=1S/C25H26O2/c1-24(2,3)23(26)19-27-25(20-13-7-4-8-14-20,21-15-9-5-10-16-21)22-17-11-6-12-18-22/h4-18H,19H2,1-3H3. The molecule has 3 aromatic carbocycles. The van der Waals surface area contributed by atoms with E-state index in [1.807, 2.05) is 75.4 Å². The lowest BCUT2D eigenvalue weighted by atomic mass is 9.80. The number of carbonyl (C=O) groups excluding carboxylic acids is 1. The Morgan fingerprint density at radius 1 is 0.667 bits per heavy atom. The van der Waals surface area contributed by atoms with Gasteiger partial charge in [0.25, 0.3) is 0 Å². The van der Waals surface area contributed by atoms with E-state index in [1.165, 1.54) is 0 Å². The predicted molar refractivity (Wildman–Crippen MR) is 110 cm³/mol. The van der Waals surface area contributed by atoms with Gasteiger partial charge in [-0.25, -0.2) is 0 Å². The van der Waals surface area contributed by atoms with Gasteiger partial charge in [0, 0.05) is 5.41 Å². The smallest absolute Gasteiger partial charge is 0.163 e. The van der Waals surface area contributed by atoms with Crippen molar-refractivity contribution in [2.75, 3.05) is 6.61 Å². The molecule has 2 heteroatoms. The third-order valence-corrected chi connectivity index (χ3v) is 4.80. The molecule has 0 aliphatic carbocycles. The normalized spacial score (nSPS) is 12.0. The average molecular weight is 358 g/mol. The summed E-state index contributed by atoms with van der Waals surface area (Å²) >= 11 is 0. The summed E-state index contributed by atoms with van der Waals surface area (Å²) in [6, 6.07) is 30.3. The van der Waals surface area contributed by atoms with E-state index >= 15 is 0 Å². The lowest BCUT2D eigenvalue weighted by Crippen LogP contribution is -2.37. The largest absolute Gasteiger partial charge is 0.353 e. The molecule has 0 radical (unpaired) electrons. The fourth-order valence-corrected chi connectivity index (χ4v) is 3.16. The van der Waals surface area contributed by atoms with Crippen molar-refractivity contribution in [2.24, 2.45) is 5.41 Å². The minimum absolute atomic E-state index is 0.0438. The van der Waals surface area contributed by atoms with Gasteiger partial charge in [-0.1, -0.05) is 112 Å². The molecular weight excluding hydrogens is 332 g/mol. The molecule has 27 heavy (non-hydrogen) atoms. The number of hydrogen-bond donors (Lipinski definition) is 0. The SMILES string of the molecule is CC(C)(C)C(=O)COC(c1ccccc1)(c1ccccc1)c1ccccc1. The van der Waals surface area contributed by atoms with E-state index in [4.69, 9.17) is 4.74 Å². The van der Waals surface area contributed by atoms with Gasteiger partial charge in [0.1, 0.15) is 12.2 Å². The monoisotopic (exact) mass is 358 g/mol. The van der Waals surface area contributed by atoms with Crippen molar-refractivity contribution in [1.82, 2.24) is 0 Å². The topological polar surface area (TPSA) is 26.3 Å². The van der Waals surface area contributed by atoms with Gasteiger partial charge in [-0.3, -0.25) is 4.79 Å². The first-order valence-corrected chi connectivity index (χ1v) is 9.28. The predicted octanol–water partition coefficient (Wildman–Crippen LogP) is 5.61. The highest BCUT2D eigenvalue weighted by molar-refractivity contribution is 5.84. The lowest BCUT2D eigenvalue weighted by molar-refractivity contribution is -0.135. The first-order chi connectivity index (χ1) is 12.9. The highest BCUT2D eigenvalue weighted by atomic mass is 16.5. The molecule has 0 N–H and O–H groups in total. The molecule has 0 unspecified atom stereocenters. The fourth-order valence-electron chi connectivity index (χ4n) is 3.16. The van der Waals surface area contributed by atoms with Crippen molar-refractivity contribution in [3.63, 3.8) is 0 Å². The van der Waals surface area contributed by atoms with Crippen LogP contribution in [0.2, 0.25) is 0 Å². The van der Waals surface area contributed by atoms with Gasteiger partial charge in [-0.05, 0) is 16.7 Å². The van der Waals surface area contributed by atoms with E-state index in [0.717, 1.165) is 16.7 Å². The number of hydrogen-bond acceptors (Lipinski definition) is 2.